The van der Waals surface area contributed by atoms with E-state index in [-0.39, 0.29) is 5.56 Å². The largest absolute Gasteiger partial charge is 0.494 e. The van der Waals surface area contributed by atoms with Crippen LogP contribution in [-0.2, 0) is 0 Å². The first-order valence-electron chi connectivity index (χ1n) is 7.87. The zero-order valence-corrected chi connectivity index (χ0v) is 13.5. The molecule has 4 rings (SSSR count). The van der Waals surface area contributed by atoms with Crippen LogP contribution in [0.4, 0.5) is 0 Å². The molecule has 1 aromatic carbocycles. The Bertz CT molecular complexity index is 1230. The van der Waals surface area contributed by atoms with Gasteiger partial charge in [0.05, 0.1) is 0 Å². The van der Waals surface area contributed by atoms with Crippen LogP contribution in [0.2, 0.25) is 0 Å². The fourth-order valence-electron chi connectivity index (χ4n) is 2.92. The number of rotatable bonds is 3. The molecule has 0 aliphatic carbocycles. The van der Waals surface area contributed by atoms with Gasteiger partial charge in [0.1, 0.15) is 5.56 Å². The van der Waals surface area contributed by atoms with E-state index in [4.69, 9.17) is 0 Å². The molecule has 128 valence electrons. The molecular weight excluding hydrogens is 332 g/mol. The molecule has 7 heteroatoms. The number of aromatic nitrogens is 4. The minimum absolute atomic E-state index is 0.0251. The Labute approximate surface area is 146 Å². The molecule has 3 aromatic heterocycles. The molecule has 0 amide bonds. The van der Waals surface area contributed by atoms with Gasteiger partial charge in [-0.25, -0.2) is 4.79 Å². The Kier molecular flexibility index (Phi) is 3.74. The zero-order chi connectivity index (χ0) is 18.1. The summed E-state index contributed by atoms with van der Waals surface area (Å²) in [6, 6.07) is 11.2. The van der Waals surface area contributed by atoms with Gasteiger partial charge >= 0.3 is 5.69 Å². The second kappa shape index (κ2) is 6.21. The van der Waals surface area contributed by atoms with E-state index in [2.05, 4.69) is 19.9 Å². The van der Waals surface area contributed by atoms with E-state index in [0.29, 0.717) is 11.1 Å². The quantitative estimate of drug-likeness (QED) is 0.455. The highest BCUT2D eigenvalue weighted by atomic mass is 16.3. The fraction of sp³-hybridized carbons (Fsp3) is 0. The standard InChI is InChI=1S/C19H14N4O3/c24-17-16(18(25)23-19(26)22-17)14(11-4-3-7-20-9-11)8-12-10-21-15-6-2-1-5-13(12)15/h1-10,21H,(H3,22,23,24,25,26). The van der Waals surface area contributed by atoms with Crippen molar-refractivity contribution < 1.29 is 5.11 Å². The van der Waals surface area contributed by atoms with Crippen LogP contribution >= 0.6 is 0 Å². The number of fused-ring (bicyclic) bond motifs is 1. The number of benzene rings is 1. The van der Waals surface area contributed by atoms with Gasteiger partial charge in [0.2, 0.25) is 5.88 Å². The maximum atomic E-state index is 12.4. The fourth-order valence-corrected chi connectivity index (χ4v) is 2.92. The predicted molar refractivity (Wildman–Crippen MR) is 98.9 cm³/mol. The lowest BCUT2D eigenvalue weighted by atomic mass is 9.98. The molecular formula is C19H14N4O3. The average Bonchev–Trinajstić information content (AvgIpc) is 3.04. The number of aromatic hydroxyl groups is 1. The normalized spacial score (nSPS) is 11.8. The van der Waals surface area contributed by atoms with E-state index in [0.717, 1.165) is 16.5 Å². The summed E-state index contributed by atoms with van der Waals surface area (Å²) >= 11 is 0. The maximum Gasteiger partial charge on any atom is 0.328 e. The third kappa shape index (κ3) is 2.71. The van der Waals surface area contributed by atoms with Crippen molar-refractivity contribution >= 4 is 22.6 Å². The van der Waals surface area contributed by atoms with Crippen molar-refractivity contribution in [2.45, 2.75) is 0 Å². The van der Waals surface area contributed by atoms with E-state index in [1.54, 1.807) is 30.6 Å². The first-order chi connectivity index (χ1) is 12.6. The van der Waals surface area contributed by atoms with Gasteiger partial charge in [-0.15, -0.1) is 0 Å². The van der Waals surface area contributed by atoms with E-state index < -0.39 is 17.1 Å². The van der Waals surface area contributed by atoms with Gasteiger partial charge in [-0.05, 0) is 18.2 Å². The summed E-state index contributed by atoms with van der Waals surface area (Å²) in [5.41, 5.74) is 1.38. The number of hydrogen-bond acceptors (Lipinski definition) is 4. The van der Waals surface area contributed by atoms with Gasteiger partial charge in [-0.1, -0.05) is 24.3 Å². The Morgan fingerprint density at radius 2 is 1.92 bits per heavy atom. The highest BCUT2D eigenvalue weighted by Crippen LogP contribution is 2.29. The summed E-state index contributed by atoms with van der Waals surface area (Å²) in [6.07, 6.45) is 6.80. The third-order valence-corrected chi connectivity index (χ3v) is 4.09. The Morgan fingerprint density at radius 3 is 2.69 bits per heavy atom. The molecule has 7 nitrogen and oxygen atoms in total. The number of aromatic amines is 3. The Balaban J connectivity index is 2.02. The van der Waals surface area contributed by atoms with Crippen molar-refractivity contribution in [3.05, 3.63) is 92.5 Å². The Morgan fingerprint density at radius 1 is 1.08 bits per heavy atom. The molecule has 26 heavy (non-hydrogen) atoms. The monoisotopic (exact) mass is 346 g/mol. The van der Waals surface area contributed by atoms with Crippen LogP contribution < -0.4 is 11.2 Å². The lowest BCUT2D eigenvalue weighted by Crippen LogP contribution is -2.24. The number of nitrogens with zero attached hydrogens (tertiary/aromatic N) is 1. The van der Waals surface area contributed by atoms with Crippen LogP contribution in [0.5, 0.6) is 5.88 Å². The van der Waals surface area contributed by atoms with Crippen LogP contribution in [0.3, 0.4) is 0 Å². The van der Waals surface area contributed by atoms with Crippen LogP contribution in [0.15, 0.2) is 64.6 Å². The summed E-state index contributed by atoms with van der Waals surface area (Å²) < 4.78 is 0. The second-order valence-electron chi connectivity index (χ2n) is 5.72. The van der Waals surface area contributed by atoms with E-state index in [1.807, 2.05) is 30.5 Å². The molecule has 4 N–H and O–H groups in total. The van der Waals surface area contributed by atoms with E-state index in [1.165, 1.54) is 0 Å². The number of para-hydroxylation sites is 1. The van der Waals surface area contributed by atoms with Crippen molar-refractivity contribution in [3.63, 3.8) is 0 Å². The summed E-state index contributed by atoms with van der Waals surface area (Å²) in [6.45, 7) is 0. The van der Waals surface area contributed by atoms with Crippen molar-refractivity contribution in [2.24, 2.45) is 0 Å². The van der Waals surface area contributed by atoms with Gasteiger partial charge in [-0.2, -0.15) is 0 Å². The lowest BCUT2D eigenvalue weighted by molar-refractivity contribution is 0.446. The first-order valence-corrected chi connectivity index (χ1v) is 7.87. The number of pyridine rings is 1. The van der Waals surface area contributed by atoms with E-state index in [9.17, 15) is 14.7 Å². The Hall–Kier alpha value is -3.87. The number of hydrogen-bond donors (Lipinski definition) is 4. The molecule has 0 bridgehead atoms. The highest BCUT2D eigenvalue weighted by molar-refractivity contribution is 5.99. The SMILES string of the molecule is O=c1[nH]c(O)c(C(=Cc2c[nH]c3ccccc23)c2cccnc2)c(=O)[nH]1. The summed E-state index contributed by atoms with van der Waals surface area (Å²) in [5, 5.41) is 11.2. The van der Waals surface area contributed by atoms with Crippen LogP contribution in [0, 0.1) is 0 Å². The third-order valence-electron chi connectivity index (χ3n) is 4.09. The van der Waals surface area contributed by atoms with E-state index >= 15 is 0 Å². The van der Waals surface area contributed by atoms with Crippen molar-refractivity contribution in [3.8, 4) is 5.88 Å². The molecule has 0 saturated carbocycles. The minimum Gasteiger partial charge on any atom is -0.494 e. The molecule has 0 saturated heterocycles. The number of nitrogens with one attached hydrogen (secondary N) is 3. The predicted octanol–water partition coefficient (Wildman–Crippen LogP) is 2.23. The molecule has 0 aliphatic heterocycles. The van der Waals surface area contributed by atoms with Gasteiger partial charge in [-0.3, -0.25) is 19.7 Å². The molecule has 4 aromatic rings. The zero-order valence-electron chi connectivity index (χ0n) is 13.5. The smallest absolute Gasteiger partial charge is 0.328 e. The van der Waals surface area contributed by atoms with Gasteiger partial charge in [0, 0.05) is 46.2 Å². The molecule has 0 radical (unpaired) electrons. The van der Waals surface area contributed by atoms with Crippen molar-refractivity contribution in [1.82, 2.24) is 19.9 Å². The summed E-state index contributed by atoms with van der Waals surface area (Å²) in [7, 11) is 0. The maximum absolute atomic E-state index is 12.4. The molecule has 0 atom stereocenters. The lowest BCUT2D eigenvalue weighted by Gasteiger charge is -2.08. The molecule has 0 fully saturated rings. The molecule has 3 heterocycles. The van der Waals surface area contributed by atoms with Crippen molar-refractivity contribution in [2.75, 3.05) is 0 Å². The second-order valence-corrected chi connectivity index (χ2v) is 5.72. The minimum atomic E-state index is -0.770. The summed E-state index contributed by atoms with van der Waals surface area (Å²) in [4.78, 5) is 35.4. The highest BCUT2D eigenvalue weighted by Gasteiger charge is 2.17. The number of H-pyrrole nitrogens is 3. The summed E-state index contributed by atoms with van der Waals surface area (Å²) in [5.74, 6) is -0.492. The average molecular weight is 346 g/mol. The van der Waals surface area contributed by atoms with Gasteiger partial charge < -0.3 is 10.1 Å². The van der Waals surface area contributed by atoms with Gasteiger partial charge in [0.15, 0.2) is 0 Å². The van der Waals surface area contributed by atoms with Crippen LogP contribution in [-0.4, -0.2) is 25.0 Å². The van der Waals surface area contributed by atoms with Gasteiger partial charge in [0.25, 0.3) is 5.56 Å². The molecule has 0 spiro atoms. The molecule has 0 aliphatic rings. The van der Waals surface area contributed by atoms with Crippen molar-refractivity contribution in [1.29, 1.82) is 0 Å². The first kappa shape index (κ1) is 15.6. The topological polar surface area (TPSA) is 115 Å². The molecule has 0 unspecified atom stereocenters. The van der Waals surface area contributed by atoms with Crippen LogP contribution in [0.25, 0.3) is 22.6 Å². The van der Waals surface area contributed by atoms with Crippen LogP contribution in [0.1, 0.15) is 16.7 Å².